The SMILES string of the molecule is CC.COC(=O)COC(=O)C(C)(C)C. The highest BCUT2D eigenvalue weighted by Gasteiger charge is 2.23. The van der Waals surface area contributed by atoms with Gasteiger partial charge in [-0.25, -0.2) is 4.79 Å². The van der Waals surface area contributed by atoms with Gasteiger partial charge in [0.2, 0.25) is 0 Å². The molecule has 0 aromatic heterocycles. The monoisotopic (exact) mass is 204 g/mol. The minimum Gasteiger partial charge on any atom is -0.466 e. The van der Waals surface area contributed by atoms with E-state index in [-0.39, 0.29) is 6.61 Å². The van der Waals surface area contributed by atoms with Gasteiger partial charge in [0.1, 0.15) is 0 Å². The van der Waals surface area contributed by atoms with E-state index in [4.69, 9.17) is 0 Å². The van der Waals surface area contributed by atoms with Gasteiger partial charge in [0, 0.05) is 0 Å². The van der Waals surface area contributed by atoms with Crippen molar-refractivity contribution in [1.82, 2.24) is 0 Å². The Morgan fingerprint density at radius 1 is 1.14 bits per heavy atom. The fraction of sp³-hybridized carbons (Fsp3) is 0.800. The molecule has 0 fully saturated rings. The third kappa shape index (κ3) is 7.58. The first-order valence-electron chi connectivity index (χ1n) is 4.62. The van der Waals surface area contributed by atoms with Crippen LogP contribution in [-0.2, 0) is 19.1 Å². The van der Waals surface area contributed by atoms with Crippen LogP contribution in [0.5, 0.6) is 0 Å². The molecule has 0 heterocycles. The molecular formula is C10H20O4. The second-order valence-electron chi connectivity index (χ2n) is 3.40. The summed E-state index contributed by atoms with van der Waals surface area (Å²) < 4.78 is 8.94. The zero-order chi connectivity index (χ0) is 11.8. The van der Waals surface area contributed by atoms with Gasteiger partial charge in [0.05, 0.1) is 12.5 Å². The van der Waals surface area contributed by atoms with Crippen LogP contribution in [0.15, 0.2) is 0 Å². The summed E-state index contributed by atoms with van der Waals surface area (Å²) in [6.45, 7) is 8.83. The smallest absolute Gasteiger partial charge is 0.344 e. The van der Waals surface area contributed by atoms with E-state index in [0.717, 1.165) is 0 Å². The number of ether oxygens (including phenoxy) is 2. The van der Waals surface area contributed by atoms with Crippen molar-refractivity contribution in [2.75, 3.05) is 13.7 Å². The minimum atomic E-state index is -0.575. The number of carbonyl (C=O) groups is 2. The molecule has 0 aromatic rings. The van der Waals surface area contributed by atoms with Crippen LogP contribution in [0.2, 0.25) is 0 Å². The zero-order valence-electron chi connectivity index (χ0n) is 9.84. The predicted molar refractivity (Wildman–Crippen MR) is 53.8 cm³/mol. The van der Waals surface area contributed by atoms with Gasteiger partial charge in [-0.05, 0) is 20.8 Å². The van der Waals surface area contributed by atoms with E-state index >= 15 is 0 Å². The lowest BCUT2D eigenvalue weighted by Crippen LogP contribution is -2.25. The Bertz CT molecular complexity index is 179. The van der Waals surface area contributed by atoms with E-state index in [0.29, 0.717) is 0 Å². The summed E-state index contributed by atoms with van der Waals surface area (Å²) in [6, 6.07) is 0. The Morgan fingerprint density at radius 3 is 1.86 bits per heavy atom. The minimum absolute atomic E-state index is 0.313. The second-order valence-corrected chi connectivity index (χ2v) is 3.40. The van der Waals surface area contributed by atoms with Gasteiger partial charge < -0.3 is 9.47 Å². The Hall–Kier alpha value is -1.06. The molecule has 0 saturated carbocycles. The topological polar surface area (TPSA) is 52.6 Å². The number of rotatable bonds is 2. The van der Waals surface area contributed by atoms with Crippen molar-refractivity contribution >= 4 is 11.9 Å². The molecule has 0 spiro atoms. The van der Waals surface area contributed by atoms with Crippen LogP contribution in [0.25, 0.3) is 0 Å². The van der Waals surface area contributed by atoms with E-state index in [1.165, 1.54) is 7.11 Å². The number of hydrogen-bond acceptors (Lipinski definition) is 4. The van der Waals surface area contributed by atoms with Crippen LogP contribution >= 0.6 is 0 Å². The van der Waals surface area contributed by atoms with Gasteiger partial charge in [-0.1, -0.05) is 13.8 Å². The zero-order valence-corrected chi connectivity index (χ0v) is 9.84. The molecule has 14 heavy (non-hydrogen) atoms. The van der Waals surface area contributed by atoms with Crippen LogP contribution < -0.4 is 0 Å². The van der Waals surface area contributed by atoms with E-state index < -0.39 is 17.4 Å². The van der Waals surface area contributed by atoms with Crippen molar-refractivity contribution in [3.8, 4) is 0 Å². The summed E-state index contributed by atoms with van der Waals surface area (Å²) in [5, 5.41) is 0. The summed E-state index contributed by atoms with van der Waals surface area (Å²) in [7, 11) is 1.24. The Balaban J connectivity index is 0. The number of carbonyl (C=O) groups excluding carboxylic acids is 2. The van der Waals surface area contributed by atoms with Gasteiger partial charge in [0.25, 0.3) is 0 Å². The second kappa shape index (κ2) is 7.35. The molecule has 0 aromatic carbocycles. The Kier molecular flexibility index (Phi) is 8.10. The molecule has 0 aliphatic heterocycles. The maximum absolute atomic E-state index is 11.1. The van der Waals surface area contributed by atoms with Gasteiger partial charge in [-0.3, -0.25) is 4.79 Å². The normalized spacial score (nSPS) is 9.57. The quantitative estimate of drug-likeness (QED) is 0.643. The molecule has 84 valence electrons. The lowest BCUT2D eigenvalue weighted by molar-refractivity contribution is -0.162. The molecule has 0 bridgehead atoms. The van der Waals surface area contributed by atoms with Crippen molar-refractivity contribution in [2.24, 2.45) is 5.41 Å². The lowest BCUT2D eigenvalue weighted by atomic mass is 9.97. The van der Waals surface area contributed by atoms with E-state index in [1.54, 1.807) is 20.8 Å². The Labute approximate surface area is 85.6 Å². The summed E-state index contributed by atoms with van der Waals surface area (Å²) >= 11 is 0. The summed E-state index contributed by atoms with van der Waals surface area (Å²) in [5.74, 6) is -0.958. The summed E-state index contributed by atoms with van der Waals surface area (Å²) in [5.41, 5.74) is -0.575. The van der Waals surface area contributed by atoms with Crippen LogP contribution in [-0.4, -0.2) is 25.7 Å². The van der Waals surface area contributed by atoms with Crippen molar-refractivity contribution in [2.45, 2.75) is 34.6 Å². The predicted octanol–water partition coefficient (Wildman–Crippen LogP) is 1.77. The van der Waals surface area contributed by atoms with Gasteiger partial charge in [-0.2, -0.15) is 0 Å². The first-order valence-corrected chi connectivity index (χ1v) is 4.62. The fourth-order valence-corrected chi connectivity index (χ4v) is 0.400. The molecule has 4 heteroatoms. The molecule has 0 rings (SSSR count). The molecule has 0 aliphatic rings. The average molecular weight is 204 g/mol. The summed E-state index contributed by atoms with van der Waals surface area (Å²) in [4.78, 5) is 21.6. The average Bonchev–Trinajstić information content (AvgIpc) is 2.15. The molecule has 0 radical (unpaired) electrons. The van der Waals surface area contributed by atoms with E-state index in [2.05, 4.69) is 9.47 Å². The number of methoxy groups -OCH3 is 1. The standard InChI is InChI=1S/C8H14O4.C2H6/c1-8(2,3)7(10)12-5-6(9)11-4;1-2/h5H2,1-4H3;1-2H3. The maximum atomic E-state index is 11.1. The molecule has 0 unspecified atom stereocenters. The van der Waals surface area contributed by atoms with Crippen molar-refractivity contribution in [1.29, 1.82) is 0 Å². The molecule has 0 aliphatic carbocycles. The summed E-state index contributed by atoms with van der Waals surface area (Å²) in [6.07, 6.45) is 0. The van der Waals surface area contributed by atoms with Crippen LogP contribution in [0, 0.1) is 5.41 Å². The maximum Gasteiger partial charge on any atom is 0.344 e. The van der Waals surface area contributed by atoms with Crippen molar-refractivity contribution in [3.05, 3.63) is 0 Å². The van der Waals surface area contributed by atoms with Crippen molar-refractivity contribution < 1.29 is 19.1 Å². The molecular weight excluding hydrogens is 184 g/mol. The largest absolute Gasteiger partial charge is 0.466 e. The van der Waals surface area contributed by atoms with Gasteiger partial charge >= 0.3 is 11.9 Å². The molecule has 0 amide bonds. The highest BCUT2D eigenvalue weighted by Crippen LogP contribution is 2.14. The molecule has 0 saturated heterocycles. The molecule has 0 atom stereocenters. The Morgan fingerprint density at radius 2 is 1.57 bits per heavy atom. The molecule has 0 N–H and O–H groups in total. The number of esters is 2. The van der Waals surface area contributed by atoms with Crippen LogP contribution in [0.1, 0.15) is 34.6 Å². The van der Waals surface area contributed by atoms with Crippen molar-refractivity contribution in [3.63, 3.8) is 0 Å². The molecule has 4 nitrogen and oxygen atoms in total. The fourth-order valence-electron chi connectivity index (χ4n) is 0.400. The third-order valence-corrected chi connectivity index (χ3v) is 1.16. The van der Waals surface area contributed by atoms with E-state index in [9.17, 15) is 9.59 Å². The van der Waals surface area contributed by atoms with Gasteiger partial charge in [0.15, 0.2) is 6.61 Å². The first kappa shape index (κ1) is 15.4. The highest BCUT2D eigenvalue weighted by atomic mass is 16.6. The third-order valence-electron chi connectivity index (χ3n) is 1.16. The van der Waals surface area contributed by atoms with Crippen LogP contribution in [0.3, 0.4) is 0 Å². The van der Waals surface area contributed by atoms with Gasteiger partial charge in [-0.15, -0.1) is 0 Å². The van der Waals surface area contributed by atoms with E-state index in [1.807, 2.05) is 13.8 Å². The van der Waals surface area contributed by atoms with Crippen LogP contribution in [0.4, 0.5) is 0 Å². The first-order chi connectivity index (χ1) is 6.38. The highest BCUT2D eigenvalue weighted by molar-refractivity contribution is 5.79. The number of hydrogen-bond donors (Lipinski definition) is 0. The lowest BCUT2D eigenvalue weighted by Gasteiger charge is -2.15.